The Labute approximate surface area is 195 Å². The zero-order valence-corrected chi connectivity index (χ0v) is 18.3. The van der Waals surface area contributed by atoms with Crippen LogP contribution in [0.5, 0.6) is 0 Å². The Balaban J connectivity index is 1.80. The fourth-order valence-corrected chi connectivity index (χ4v) is 3.64. The van der Waals surface area contributed by atoms with Crippen LogP contribution in [0.2, 0.25) is 5.02 Å². The molecule has 0 aliphatic carbocycles. The lowest BCUT2D eigenvalue weighted by molar-refractivity contribution is -0.127. The van der Waals surface area contributed by atoms with E-state index in [0.717, 1.165) is 5.01 Å². The van der Waals surface area contributed by atoms with E-state index in [9.17, 15) is 14.4 Å². The maximum Gasteiger partial charge on any atom is 0.302 e. The number of amidine groups is 1. The van der Waals surface area contributed by atoms with Crippen LogP contribution < -0.4 is 21.0 Å². The Morgan fingerprint density at radius 3 is 2.15 bits per heavy atom. The highest BCUT2D eigenvalue weighted by Gasteiger charge is 2.54. The molecule has 1 aliphatic rings. The number of benzene rings is 3. The highest BCUT2D eigenvalue weighted by atomic mass is 35.5. The van der Waals surface area contributed by atoms with Crippen LogP contribution in [0, 0.1) is 0 Å². The van der Waals surface area contributed by atoms with Gasteiger partial charge in [-0.25, -0.2) is 0 Å². The Hall–Kier alpha value is -4.17. The Morgan fingerprint density at radius 2 is 1.52 bits per heavy atom. The van der Waals surface area contributed by atoms with Crippen molar-refractivity contribution in [1.29, 1.82) is 0 Å². The van der Waals surface area contributed by atoms with E-state index >= 15 is 0 Å². The summed E-state index contributed by atoms with van der Waals surface area (Å²) in [5, 5.41) is 14.1. The maximum atomic E-state index is 13.7. The first-order chi connectivity index (χ1) is 15.9. The molecule has 1 atom stereocenters. The second-order valence-corrected chi connectivity index (χ2v) is 7.66. The summed E-state index contributed by atoms with van der Waals surface area (Å²) in [6.45, 7) is 1.28. The predicted octanol–water partition coefficient (Wildman–Crippen LogP) is 3.37. The van der Waals surface area contributed by atoms with Crippen molar-refractivity contribution in [1.82, 2.24) is 10.6 Å². The third-order valence-corrected chi connectivity index (χ3v) is 5.22. The van der Waals surface area contributed by atoms with Gasteiger partial charge in [0.15, 0.2) is 5.84 Å². The van der Waals surface area contributed by atoms with Gasteiger partial charge >= 0.3 is 5.91 Å². The first kappa shape index (κ1) is 22.0. The quantitative estimate of drug-likeness (QED) is 0.507. The second-order valence-electron chi connectivity index (χ2n) is 7.26. The van der Waals surface area contributed by atoms with Crippen LogP contribution in [0.25, 0.3) is 0 Å². The standard InChI is InChI=1S/C24H20ClN5O3/c1-16(31)27-24(28-17-10-4-2-5-11-17)22(26-21(32)19-14-8-9-15-20(19)25)29-30(23(24)33)18-12-6-3-7-13-18/h2-15,28H,1H3,(H,27,31)(H,26,29,32). The number of hydrazone groups is 1. The van der Waals surface area contributed by atoms with Crippen molar-refractivity contribution in [2.45, 2.75) is 12.6 Å². The molecule has 9 heteroatoms. The Morgan fingerprint density at radius 1 is 0.909 bits per heavy atom. The molecule has 0 bridgehead atoms. The minimum absolute atomic E-state index is 0.0969. The average Bonchev–Trinajstić information content (AvgIpc) is 3.06. The van der Waals surface area contributed by atoms with E-state index in [-0.39, 0.29) is 16.4 Å². The van der Waals surface area contributed by atoms with Gasteiger partial charge in [0.1, 0.15) is 0 Å². The van der Waals surface area contributed by atoms with Gasteiger partial charge in [-0.05, 0) is 36.4 Å². The number of para-hydroxylation sites is 2. The van der Waals surface area contributed by atoms with E-state index in [2.05, 4.69) is 21.1 Å². The van der Waals surface area contributed by atoms with Crippen molar-refractivity contribution < 1.29 is 14.4 Å². The smallest absolute Gasteiger partial charge is 0.302 e. The molecule has 8 nitrogen and oxygen atoms in total. The lowest BCUT2D eigenvalue weighted by Crippen LogP contribution is -2.67. The van der Waals surface area contributed by atoms with Crippen LogP contribution in [0.4, 0.5) is 11.4 Å². The van der Waals surface area contributed by atoms with Crippen LogP contribution in [-0.4, -0.2) is 29.2 Å². The van der Waals surface area contributed by atoms with Gasteiger partial charge in [0, 0.05) is 12.6 Å². The molecule has 1 aliphatic heterocycles. The Bertz CT molecular complexity index is 1230. The number of carbonyl (C=O) groups excluding carboxylic acids is 3. The molecule has 0 fully saturated rings. The molecule has 0 radical (unpaired) electrons. The SMILES string of the molecule is CC(=O)NC1(Nc2ccccc2)C(=O)N(c2ccccc2)N=C1NC(=O)c1ccccc1Cl. The van der Waals surface area contributed by atoms with Crippen molar-refractivity contribution in [3.8, 4) is 0 Å². The number of halogens is 1. The molecule has 0 saturated heterocycles. The topological polar surface area (TPSA) is 103 Å². The molecule has 33 heavy (non-hydrogen) atoms. The first-order valence-corrected chi connectivity index (χ1v) is 10.4. The predicted molar refractivity (Wildman–Crippen MR) is 127 cm³/mol. The minimum Gasteiger partial charge on any atom is -0.348 e. The van der Waals surface area contributed by atoms with E-state index in [1.807, 2.05) is 6.07 Å². The molecule has 1 heterocycles. The highest BCUT2D eigenvalue weighted by molar-refractivity contribution is 6.35. The van der Waals surface area contributed by atoms with Crippen molar-refractivity contribution in [3.05, 3.63) is 95.5 Å². The normalized spacial score (nSPS) is 17.3. The minimum atomic E-state index is -1.86. The number of amides is 3. The molecule has 0 spiro atoms. The summed E-state index contributed by atoms with van der Waals surface area (Å²) in [4.78, 5) is 39.0. The van der Waals surface area contributed by atoms with Gasteiger partial charge in [-0.3, -0.25) is 14.4 Å². The third-order valence-electron chi connectivity index (χ3n) is 4.89. The third kappa shape index (κ3) is 4.42. The number of nitrogens with zero attached hydrogens (tertiary/aromatic N) is 2. The number of nitrogens with one attached hydrogen (secondary N) is 3. The molecule has 166 valence electrons. The van der Waals surface area contributed by atoms with Crippen molar-refractivity contribution in [2.24, 2.45) is 5.10 Å². The van der Waals surface area contributed by atoms with Gasteiger partial charge in [-0.15, -0.1) is 5.10 Å². The molecule has 0 saturated carbocycles. The van der Waals surface area contributed by atoms with Gasteiger partial charge in [-0.1, -0.05) is 60.1 Å². The van der Waals surface area contributed by atoms with E-state index in [4.69, 9.17) is 11.6 Å². The maximum absolute atomic E-state index is 13.7. The fraction of sp³-hybridized carbons (Fsp3) is 0.0833. The van der Waals surface area contributed by atoms with Crippen LogP contribution in [0.1, 0.15) is 17.3 Å². The number of hydrogen-bond donors (Lipinski definition) is 3. The van der Waals surface area contributed by atoms with Crippen LogP contribution in [-0.2, 0) is 9.59 Å². The zero-order chi connectivity index (χ0) is 23.4. The summed E-state index contributed by atoms with van der Waals surface area (Å²) in [5.74, 6) is -1.77. The van der Waals surface area contributed by atoms with Crippen LogP contribution in [0.15, 0.2) is 90.0 Å². The molecule has 3 N–H and O–H groups in total. The summed E-state index contributed by atoms with van der Waals surface area (Å²) in [5.41, 5.74) is -0.660. The molecule has 3 aromatic carbocycles. The van der Waals surface area contributed by atoms with Crippen molar-refractivity contribution >= 4 is 46.5 Å². The van der Waals surface area contributed by atoms with Crippen LogP contribution in [0.3, 0.4) is 0 Å². The van der Waals surface area contributed by atoms with E-state index in [1.54, 1.807) is 78.9 Å². The van der Waals surface area contributed by atoms with Gasteiger partial charge in [0.05, 0.1) is 16.3 Å². The number of hydrogen-bond acceptors (Lipinski definition) is 5. The number of rotatable bonds is 5. The van der Waals surface area contributed by atoms with Crippen molar-refractivity contribution in [2.75, 3.05) is 10.3 Å². The van der Waals surface area contributed by atoms with Crippen LogP contribution >= 0.6 is 11.6 Å². The molecule has 4 rings (SSSR count). The second kappa shape index (κ2) is 9.13. The number of carbonyl (C=O) groups is 3. The zero-order valence-electron chi connectivity index (χ0n) is 17.6. The molecule has 1 unspecified atom stereocenters. The van der Waals surface area contributed by atoms with E-state index in [0.29, 0.717) is 11.4 Å². The summed E-state index contributed by atoms with van der Waals surface area (Å²) in [6, 6.07) is 24.0. The Kier molecular flexibility index (Phi) is 6.10. The average molecular weight is 462 g/mol. The van der Waals surface area contributed by atoms with Gasteiger partial charge in [-0.2, -0.15) is 5.01 Å². The van der Waals surface area contributed by atoms with E-state index < -0.39 is 23.4 Å². The van der Waals surface area contributed by atoms with Gasteiger partial charge in [0.2, 0.25) is 5.91 Å². The largest absolute Gasteiger partial charge is 0.348 e. The summed E-state index contributed by atoms with van der Waals surface area (Å²) in [7, 11) is 0. The molecule has 3 aromatic rings. The summed E-state index contributed by atoms with van der Waals surface area (Å²) >= 11 is 6.18. The van der Waals surface area contributed by atoms with Crippen molar-refractivity contribution in [3.63, 3.8) is 0 Å². The van der Waals surface area contributed by atoms with E-state index in [1.165, 1.54) is 6.92 Å². The monoisotopic (exact) mass is 461 g/mol. The lowest BCUT2D eigenvalue weighted by atomic mass is 10.1. The summed E-state index contributed by atoms with van der Waals surface area (Å²) in [6.07, 6.45) is 0. The highest BCUT2D eigenvalue weighted by Crippen LogP contribution is 2.28. The molecule has 0 aromatic heterocycles. The molecular weight excluding hydrogens is 442 g/mol. The number of anilines is 2. The van der Waals surface area contributed by atoms with Gasteiger partial charge < -0.3 is 16.0 Å². The first-order valence-electron chi connectivity index (χ1n) is 10.1. The summed E-state index contributed by atoms with van der Waals surface area (Å²) < 4.78 is 0. The fourth-order valence-electron chi connectivity index (χ4n) is 3.42. The lowest BCUT2D eigenvalue weighted by Gasteiger charge is -2.31. The molecular formula is C24H20ClN5O3. The van der Waals surface area contributed by atoms with Gasteiger partial charge in [0.25, 0.3) is 11.6 Å². The molecule has 3 amide bonds.